The number of oxime groups is 1. The van der Waals surface area contributed by atoms with E-state index in [1.165, 1.54) is 11.6 Å². The topological polar surface area (TPSA) is 70.6 Å². The van der Waals surface area contributed by atoms with Crippen LogP contribution in [0, 0.1) is 19.7 Å². The quantitative estimate of drug-likeness (QED) is 0.350. The molecule has 0 saturated heterocycles. The second-order valence-corrected chi connectivity index (χ2v) is 4.89. The molecule has 0 atom stereocenters. The van der Waals surface area contributed by atoms with E-state index in [1.807, 2.05) is 32.0 Å². The van der Waals surface area contributed by atoms with Gasteiger partial charge in [-0.15, -0.1) is 0 Å². The van der Waals surface area contributed by atoms with E-state index in [9.17, 15) is 4.39 Å². The summed E-state index contributed by atoms with van der Waals surface area (Å²) in [6, 6.07) is 10.5. The molecule has 5 heteroatoms. The van der Waals surface area contributed by atoms with E-state index in [0.717, 1.165) is 11.3 Å². The maximum absolute atomic E-state index is 14.0. The Morgan fingerprint density at radius 3 is 2.71 bits per heavy atom. The summed E-state index contributed by atoms with van der Waals surface area (Å²) in [5, 5.41) is 14.7. The number of amidine groups is 1. The van der Waals surface area contributed by atoms with Crippen LogP contribution in [-0.4, -0.2) is 11.0 Å². The van der Waals surface area contributed by atoms with Gasteiger partial charge in [0.1, 0.15) is 5.82 Å². The number of aryl methyl sites for hydroxylation is 1. The van der Waals surface area contributed by atoms with Gasteiger partial charge >= 0.3 is 0 Å². The number of nitrogens with two attached hydrogens (primary N) is 1. The molecule has 2 aromatic rings. The summed E-state index contributed by atoms with van der Waals surface area (Å²) in [6.07, 6.45) is 0. The second-order valence-electron chi connectivity index (χ2n) is 4.89. The van der Waals surface area contributed by atoms with E-state index in [4.69, 9.17) is 10.9 Å². The zero-order valence-electron chi connectivity index (χ0n) is 12.0. The van der Waals surface area contributed by atoms with E-state index in [2.05, 4.69) is 10.5 Å². The van der Waals surface area contributed by atoms with Gasteiger partial charge in [0.2, 0.25) is 0 Å². The molecule has 110 valence electrons. The molecule has 0 amide bonds. The normalized spacial score (nSPS) is 11.5. The van der Waals surface area contributed by atoms with Gasteiger partial charge in [0.15, 0.2) is 5.84 Å². The minimum absolute atomic E-state index is 0.108. The van der Waals surface area contributed by atoms with Crippen molar-refractivity contribution in [3.05, 3.63) is 64.5 Å². The number of nitrogens with one attached hydrogen (secondary N) is 1. The molecule has 2 aromatic carbocycles. The lowest BCUT2D eigenvalue weighted by molar-refractivity contribution is 0.318. The van der Waals surface area contributed by atoms with Crippen molar-refractivity contribution < 1.29 is 9.60 Å². The summed E-state index contributed by atoms with van der Waals surface area (Å²) in [5.41, 5.74) is 9.61. The van der Waals surface area contributed by atoms with Crippen molar-refractivity contribution in [2.45, 2.75) is 20.4 Å². The number of hydrogen-bond donors (Lipinski definition) is 3. The molecule has 0 aliphatic carbocycles. The van der Waals surface area contributed by atoms with Crippen LogP contribution in [0.4, 0.5) is 10.1 Å². The molecule has 0 heterocycles. The molecular weight excluding hydrogens is 269 g/mol. The van der Waals surface area contributed by atoms with Gasteiger partial charge in [-0.05, 0) is 37.1 Å². The number of halogens is 1. The predicted molar refractivity (Wildman–Crippen MR) is 82.2 cm³/mol. The largest absolute Gasteiger partial charge is 0.409 e. The monoisotopic (exact) mass is 287 g/mol. The first kappa shape index (κ1) is 14.8. The van der Waals surface area contributed by atoms with Crippen LogP contribution in [0.25, 0.3) is 0 Å². The average molecular weight is 287 g/mol. The average Bonchev–Trinajstić information content (AvgIpc) is 2.49. The maximum Gasteiger partial charge on any atom is 0.170 e. The maximum atomic E-state index is 14.0. The summed E-state index contributed by atoms with van der Waals surface area (Å²) in [7, 11) is 0. The highest BCUT2D eigenvalue weighted by Gasteiger charge is 2.07. The Hall–Kier alpha value is -2.56. The number of benzene rings is 2. The molecule has 0 radical (unpaired) electrons. The molecule has 0 aliphatic rings. The second kappa shape index (κ2) is 6.26. The van der Waals surface area contributed by atoms with Gasteiger partial charge in [-0.1, -0.05) is 29.4 Å². The molecule has 0 aliphatic heterocycles. The smallest absolute Gasteiger partial charge is 0.170 e. The van der Waals surface area contributed by atoms with Gasteiger partial charge in [-0.3, -0.25) is 0 Å². The van der Waals surface area contributed by atoms with Crippen molar-refractivity contribution in [2.24, 2.45) is 10.9 Å². The standard InChI is InChI=1S/C16H18FN3O/c1-10-4-3-5-15(11(10)2)19-9-13-7-6-12(8-14(13)17)16(18)20-21/h3-8,19,21H,9H2,1-2H3,(H2,18,20). The van der Waals surface area contributed by atoms with Crippen LogP contribution in [-0.2, 0) is 6.54 Å². The first-order valence-corrected chi connectivity index (χ1v) is 6.59. The lowest BCUT2D eigenvalue weighted by Gasteiger charge is -2.12. The Balaban J connectivity index is 2.15. The third-order valence-electron chi connectivity index (χ3n) is 3.53. The SMILES string of the molecule is Cc1cccc(NCc2ccc(C(N)=NO)cc2F)c1C. The Morgan fingerprint density at radius 2 is 2.05 bits per heavy atom. The number of hydrogen-bond acceptors (Lipinski definition) is 3. The fourth-order valence-corrected chi connectivity index (χ4v) is 2.04. The van der Waals surface area contributed by atoms with Gasteiger partial charge in [0.05, 0.1) is 0 Å². The van der Waals surface area contributed by atoms with Crippen LogP contribution in [0.1, 0.15) is 22.3 Å². The first-order valence-electron chi connectivity index (χ1n) is 6.59. The zero-order valence-corrected chi connectivity index (χ0v) is 12.0. The summed E-state index contributed by atoms with van der Waals surface area (Å²) in [5.74, 6) is -0.500. The summed E-state index contributed by atoms with van der Waals surface area (Å²) in [6.45, 7) is 4.43. The van der Waals surface area contributed by atoms with Crippen LogP contribution in [0.5, 0.6) is 0 Å². The van der Waals surface area contributed by atoms with Crippen LogP contribution < -0.4 is 11.1 Å². The molecule has 0 bridgehead atoms. The van der Waals surface area contributed by atoms with E-state index < -0.39 is 5.82 Å². The third kappa shape index (κ3) is 3.31. The van der Waals surface area contributed by atoms with Crippen LogP contribution in [0.3, 0.4) is 0 Å². The van der Waals surface area contributed by atoms with Gasteiger partial charge in [-0.2, -0.15) is 0 Å². The van der Waals surface area contributed by atoms with Crippen molar-refractivity contribution in [3.63, 3.8) is 0 Å². The van der Waals surface area contributed by atoms with Crippen molar-refractivity contribution in [1.29, 1.82) is 0 Å². The molecule has 2 rings (SSSR count). The highest BCUT2D eigenvalue weighted by atomic mass is 19.1. The first-order chi connectivity index (χ1) is 10.0. The molecular formula is C16H18FN3O. The van der Waals surface area contributed by atoms with Gasteiger partial charge in [0, 0.05) is 23.4 Å². The van der Waals surface area contributed by atoms with Crippen molar-refractivity contribution in [1.82, 2.24) is 0 Å². The Labute approximate surface area is 123 Å². The molecule has 4 N–H and O–H groups in total. The number of rotatable bonds is 4. The van der Waals surface area contributed by atoms with E-state index in [0.29, 0.717) is 17.7 Å². The molecule has 0 aromatic heterocycles. The zero-order chi connectivity index (χ0) is 15.4. The molecule has 0 fully saturated rings. The van der Waals surface area contributed by atoms with Crippen LogP contribution in [0.2, 0.25) is 0 Å². The molecule has 0 unspecified atom stereocenters. The van der Waals surface area contributed by atoms with Crippen molar-refractivity contribution in [2.75, 3.05) is 5.32 Å². The van der Waals surface area contributed by atoms with Crippen molar-refractivity contribution in [3.8, 4) is 0 Å². The third-order valence-corrected chi connectivity index (χ3v) is 3.53. The van der Waals surface area contributed by atoms with Gasteiger partial charge < -0.3 is 16.3 Å². The Kier molecular flexibility index (Phi) is 4.42. The predicted octanol–water partition coefficient (Wildman–Crippen LogP) is 3.15. The van der Waals surface area contributed by atoms with Gasteiger partial charge in [-0.25, -0.2) is 4.39 Å². The fourth-order valence-electron chi connectivity index (χ4n) is 2.04. The van der Waals surface area contributed by atoms with E-state index >= 15 is 0 Å². The lowest BCUT2D eigenvalue weighted by Crippen LogP contribution is -2.14. The minimum atomic E-state index is -0.392. The fraction of sp³-hybridized carbons (Fsp3) is 0.188. The summed E-state index contributed by atoms with van der Waals surface area (Å²) >= 11 is 0. The molecule has 4 nitrogen and oxygen atoms in total. The summed E-state index contributed by atoms with van der Waals surface area (Å²) < 4.78 is 14.0. The van der Waals surface area contributed by atoms with E-state index in [-0.39, 0.29) is 5.84 Å². The number of anilines is 1. The van der Waals surface area contributed by atoms with Crippen LogP contribution in [0.15, 0.2) is 41.6 Å². The van der Waals surface area contributed by atoms with E-state index in [1.54, 1.807) is 12.1 Å². The molecule has 21 heavy (non-hydrogen) atoms. The Morgan fingerprint density at radius 1 is 1.29 bits per heavy atom. The van der Waals surface area contributed by atoms with Crippen LogP contribution >= 0.6 is 0 Å². The molecule has 0 spiro atoms. The Bertz CT molecular complexity index is 683. The van der Waals surface area contributed by atoms with Gasteiger partial charge in [0.25, 0.3) is 0 Å². The highest BCUT2D eigenvalue weighted by molar-refractivity contribution is 5.97. The minimum Gasteiger partial charge on any atom is -0.409 e. The highest BCUT2D eigenvalue weighted by Crippen LogP contribution is 2.19. The molecule has 0 saturated carbocycles. The van der Waals surface area contributed by atoms with Crippen molar-refractivity contribution >= 4 is 11.5 Å². The number of nitrogens with zero attached hydrogens (tertiary/aromatic N) is 1. The summed E-state index contributed by atoms with van der Waals surface area (Å²) in [4.78, 5) is 0. The lowest BCUT2D eigenvalue weighted by atomic mass is 10.1.